The van der Waals surface area contributed by atoms with Gasteiger partial charge in [0.25, 0.3) is 5.91 Å². The number of nitrogens with zero attached hydrogens (tertiary/aromatic N) is 1. The molecule has 0 aliphatic heterocycles. The second-order valence-corrected chi connectivity index (χ2v) is 6.06. The fourth-order valence-corrected chi connectivity index (χ4v) is 3.52. The van der Waals surface area contributed by atoms with Crippen molar-refractivity contribution in [1.29, 1.82) is 0 Å². The zero-order valence-corrected chi connectivity index (χ0v) is 12.2. The Hall–Kier alpha value is -2.14. The smallest absolute Gasteiger partial charge is 0.274 e. The Bertz CT molecular complexity index is 722. The SMILES string of the molecule is O=C(N[C@@H]1c2ccccc2C[C@@H]1O)c1noc2c1CCCC2. The Morgan fingerprint density at radius 2 is 2.09 bits per heavy atom. The van der Waals surface area contributed by atoms with E-state index in [0.717, 1.165) is 48.1 Å². The summed E-state index contributed by atoms with van der Waals surface area (Å²) in [5.41, 5.74) is 3.39. The van der Waals surface area contributed by atoms with Gasteiger partial charge < -0.3 is 14.9 Å². The summed E-state index contributed by atoms with van der Waals surface area (Å²) in [4.78, 5) is 12.5. The number of aliphatic hydroxyl groups is 1. The maximum atomic E-state index is 12.5. The number of aryl methyl sites for hydroxylation is 1. The van der Waals surface area contributed by atoms with E-state index in [9.17, 15) is 9.90 Å². The number of rotatable bonds is 2. The summed E-state index contributed by atoms with van der Waals surface area (Å²) in [6.07, 6.45) is 3.80. The van der Waals surface area contributed by atoms with Gasteiger partial charge in [-0.15, -0.1) is 0 Å². The van der Waals surface area contributed by atoms with Crippen LogP contribution in [0, 0.1) is 0 Å². The topological polar surface area (TPSA) is 75.4 Å². The minimum atomic E-state index is -0.593. The average molecular weight is 298 g/mol. The van der Waals surface area contributed by atoms with Crippen molar-refractivity contribution in [2.24, 2.45) is 0 Å². The molecule has 114 valence electrons. The molecule has 1 aromatic heterocycles. The van der Waals surface area contributed by atoms with E-state index in [-0.39, 0.29) is 11.9 Å². The molecule has 1 heterocycles. The molecule has 0 bridgehead atoms. The highest BCUT2D eigenvalue weighted by atomic mass is 16.5. The van der Waals surface area contributed by atoms with Crippen molar-refractivity contribution in [3.8, 4) is 0 Å². The van der Waals surface area contributed by atoms with Crippen molar-refractivity contribution in [3.63, 3.8) is 0 Å². The number of hydrogen-bond donors (Lipinski definition) is 2. The van der Waals surface area contributed by atoms with Crippen molar-refractivity contribution < 1.29 is 14.4 Å². The summed E-state index contributed by atoms with van der Waals surface area (Å²) in [7, 11) is 0. The summed E-state index contributed by atoms with van der Waals surface area (Å²) >= 11 is 0. The number of aliphatic hydroxyl groups excluding tert-OH is 1. The van der Waals surface area contributed by atoms with E-state index < -0.39 is 6.10 Å². The summed E-state index contributed by atoms with van der Waals surface area (Å²) in [5.74, 6) is 0.580. The molecule has 2 aromatic rings. The number of carbonyl (C=O) groups is 1. The number of aromatic nitrogens is 1. The van der Waals surface area contributed by atoms with Gasteiger partial charge in [-0.25, -0.2) is 0 Å². The third-order valence-corrected chi connectivity index (χ3v) is 4.66. The molecular formula is C17H18N2O3. The second kappa shape index (κ2) is 5.25. The lowest BCUT2D eigenvalue weighted by molar-refractivity contribution is 0.0848. The molecule has 22 heavy (non-hydrogen) atoms. The summed E-state index contributed by atoms with van der Waals surface area (Å²) in [6, 6.07) is 7.44. The highest BCUT2D eigenvalue weighted by Crippen LogP contribution is 2.32. The van der Waals surface area contributed by atoms with Gasteiger partial charge in [0.15, 0.2) is 5.69 Å². The first-order chi connectivity index (χ1) is 10.7. The molecule has 2 N–H and O–H groups in total. The molecule has 0 saturated heterocycles. The zero-order chi connectivity index (χ0) is 15.1. The van der Waals surface area contributed by atoms with Gasteiger partial charge in [-0.1, -0.05) is 29.4 Å². The summed E-state index contributed by atoms with van der Waals surface area (Å²) < 4.78 is 5.30. The van der Waals surface area contributed by atoms with Crippen LogP contribution in [0.1, 0.15) is 51.8 Å². The van der Waals surface area contributed by atoms with Gasteiger partial charge in [0, 0.05) is 18.4 Å². The molecule has 0 spiro atoms. The number of carbonyl (C=O) groups excluding carboxylic acids is 1. The Morgan fingerprint density at radius 1 is 1.27 bits per heavy atom. The maximum absolute atomic E-state index is 12.5. The lowest BCUT2D eigenvalue weighted by Gasteiger charge is -2.17. The van der Waals surface area contributed by atoms with Crippen LogP contribution in [0.3, 0.4) is 0 Å². The van der Waals surface area contributed by atoms with Crippen LogP contribution < -0.4 is 5.32 Å². The standard InChI is InChI=1S/C17H18N2O3/c20-13-9-10-5-1-2-6-11(10)15(13)18-17(21)16-12-7-3-4-8-14(12)22-19-16/h1-2,5-6,13,15,20H,3-4,7-9H2,(H,18,21)/t13-,15+/m0/s1. The van der Waals surface area contributed by atoms with Gasteiger partial charge in [-0.2, -0.15) is 0 Å². The number of fused-ring (bicyclic) bond motifs is 2. The molecule has 1 amide bonds. The van der Waals surface area contributed by atoms with Gasteiger partial charge in [0.2, 0.25) is 0 Å². The molecule has 5 heteroatoms. The molecule has 0 fully saturated rings. The van der Waals surface area contributed by atoms with Crippen molar-refractivity contribution in [2.45, 2.75) is 44.2 Å². The second-order valence-electron chi connectivity index (χ2n) is 6.06. The summed E-state index contributed by atoms with van der Waals surface area (Å²) in [5, 5.41) is 17.1. The Kier molecular flexibility index (Phi) is 3.22. The molecule has 2 aliphatic rings. The zero-order valence-electron chi connectivity index (χ0n) is 12.2. The van der Waals surface area contributed by atoms with Crippen molar-refractivity contribution >= 4 is 5.91 Å². The fourth-order valence-electron chi connectivity index (χ4n) is 3.52. The third kappa shape index (κ3) is 2.13. The van der Waals surface area contributed by atoms with Crippen LogP contribution in [-0.4, -0.2) is 22.3 Å². The van der Waals surface area contributed by atoms with E-state index in [4.69, 9.17) is 4.52 Å². The normalized spacial score (nSPS) is 23.0. The number of amides is 1. The molecule has 5 nitrogen and oxygen atoms in total. The number of hydrogen-bond acceptors (Lipinski definition) is 4. The first-order valence-corrected chi connectivity index (χ1v) is 7.78. The lowest BCUT2D eigenvalue weighted by atomic mass is 9.96. The molecule has 2 aliphatic carbocycles. The van der Waals surface area contributed by atoms with Crippen LogP contribution in [0.2, 0.25) is 0 Å². The Morgan fingerprint density at radius 3 is 3.00 bits per heavy atom. The summed E-state index contributed by atoms with van der Waals surface area (Å²) in [6.45, 7) is 0. The first kappa shape index (κ1) is 13.5. The van der Waals surface area contributed by atoms with E-state index in [1.807, 2.05) is 24.3 Å². The van der Waals surface area contributed by atoms with Crippen LogP contribution in [-0.2, 0) is 19.3 Å². The molecule has 0 unspecified atom stereocenters. The van der Waals surface area contributed by atoms with E-state index in [0.29, 0.717) is 12.1 Å². The monoisotopic (exact) mass is 298 g/mol. The number of benzene rings is 1. The number of nitrogens with one attached hydrogen (secondary N) is 1. The van der Waals surface area contributed by atoms with Crippen LogP contribution >= 0.6 is 0 Å². The Labute approximate surface area is 128 Å². The largest absolute Gasteiger partial charge is 0.390 e. The molecule has 4 rings (SSSR count). The molecular weight excluding hydrogens is 280 g/mol. The highest BCUT2D eigenvalue weighted by molar-refractivity contribution is 5.94. The Balaban J connectivity index is 1.59. The van der Waals surface area contributed by atoms with Gasteiger partial charge in [0.05, 0.1) is 12.1 Å². The lowest BCUT2D eigenvalue weighted by Crippen LogP contribution is -2.34. The van der Waals surface area contributed by atoms with Crippen molar-refractivity contribution in [3.05, 3.63) is 52.4 Å². The molecule has 0 radical (unpaired) electrons. The third-order valence-electron chi connectivity index (χ3n) is 4.66. The van der Waals surface area contributed by atoms with E-state index in [1.54, 1.807) is 0 Å². The maximum Gasteiger partial charge on any atom is 0.274 e. The molecule has 0 saturated carbocycles. The van der Waals surface area contributed by atoms with E-state index in [1.165, 1.54) is 0 Å². The predicted octanol–water partition coefficient (Wildman–Crippen LogP) is 1.94. The van der Waals surface area contributed by atoms with Crippen LogP contribution in [0.25, 0.3) is 0 Å². The van der Waals surface area contributed by atoms with Crippen molar-refractivity contribution in [2.75, 3.05) is 0 Å². The fraction of sp³-hybridized carbons (Fsp3) is 0.412. The predicted molar refractivity (Wildman–Crippen MR) is 79.5 cm³/mol. The minimum Gasteiger partial charge on any atom is -0.390 e. The molecule has 1 aromatic carbocycles. The van der Waals surface area contributed by atoms with Gasteiger partial charge >= 0.3 is 0 Å². The van der Waals surface area contributed by atoms with E-state index in [2.05, 4.69) is 10.5 Å². The van der Waals surface area contributed by atoms with Crippen LogP contribution in [0.15, 0.2) is 28.8 Å². The van der Waals surface area contributed by atoms with Gasteiger partial charge in [-0.3, -0.25) is 4.79 Å². The quantitative estimate of drug-likeness (QED) is 0.888. The van der Waals surface area contributed by atoms with Crippen LogP contribution in [0.5, 0.6) is 0 Å². The van der Waals surface area contributed by atoms with Crippen molar-refractivity contribution in [1.82, 2.24) is 10.5 Å². The average Bonchev–Trinajstić information content (AvgIpc) is 3.09. The minimum absolute atomic E-state index is 0.257. The van der Waals surface area contributed by atoms with Gasteiger partial charge in [0.1, 0.15) is 5.76 Å². The first-order valence-electron chi connectivity index (χ1n) is 7.78. The highest BCUT2D eigenvalue weighted by Gasteiger charge is 2.33. The van der Waals surface area contributed by atoms with E-state index >= 15 is 0 Å². The molecule has 2 atom stereocenters. The van der Waals surface area contributed by atoms with Crippen LogP contribution in [0.4, 0.5) is 0 Å². The van der Waals surface area contributed by atoms with Gasteiger partial charge in [-0.05, 0) is 30.4 Å².